The maximum Gasteiger partial charge on any atom is 0.162 e. The summed E-state index contributed by atoms with van der Waals surface area (Å²) in [6, 6.07) is 4.76. The molecule has 1 heterocycles. The van der Waals surface area contributed by atoms with Gasteiger partial charge in [0, 0.05) is 23.4 Å². The molecule has 0 aliphatic heterocycles. The molecule has 4 heteroatoms. The molecule has 0 saturated carbocycles. The lowest BCUT2D eigenvalue weighted by molar-refractivity contribution is 0.627. The van der Waals surface area contributed by atoms with Gasteiger partial charge in [-0.1, -0.05) is 6.07 Å². The van der Waals surface area contributed by atoms with E-state index in [-0.39, 0.29) is 5.82 Å². The van der Waals surface area contributed by atoms with Crippen molar-refractivity contribution in [2.24, 2.45) is 0 Å². The van der Waals surface area contributed by atoms with Gasteiger partial charge in [0.25, 0.3) is 0 Å². The van der Waals surface area contributed by atoms with Gasteiger partial charge in [-0.05, 0) is 50.8 Å². The average Bonchev–Trinajstić information content (AvgIpc) is 2.90. The number of fused-ring (bicyclic) bond motifs is 1. The second-order valence-corrected chi connectivity index (χ2v) is 5.16. The molecule has 1 aliphatic carbocycles. The number of hydrogen-bond donors (Lipinski definition) is 1. The smallest absolute Gasteiger partial charge is 0.162 e. The molecular formula is C16H18FN3. The minimum absolute atomic E-state index is 0.250. The van der Waals surface area contributed by atoms with Gasteiger partial charge < -0.3 is 5.32 Å². The van der Waals surface area contributed by atoms with E-state index >= 15 is 0 Å². The summed E-state index contributed by atoms with van der Waals surface area (Å²) in [5, 5.41) is 3.31. The summed E-state index contributed by atoms with van der Waals surface area (Å²) in [6.07, 6.45) is 3.13. The zero-order valence-corrected chi connectivity index (χ0v) is 11.8. The summed E-state index contributed by atoms with van der Waals surface area (Å²) < 4.78 is 13.5. The number of nitrogens with one attached hydrogen (secondary N) is 1. The first-order valence-electron chi connectivity index (χ1n) is 7.09. The molecule has 0 saturated heterocycles. The fourth-order valence-corrected chi connectivity index (χ4v) is 2.70. The lowest BCUT2D eigenvalue weighted by Gasteiger charge is -2.12. The zero-order valence-electron chi connectivity index (χ0n) is 11.8. The van der Waals surface area contributed by atoms with Crippen molar-refractivity contribution in [1.29, 1.82) is 0 Å². The predicted molar refractivity (Wildman–Crippen MR) is 78.4 cm³/mol. The number of anilines is 1. The summed E-state index contributed by atoms with van der Waals surface area (Å²) >= 11 is 0. The largest absolute Gasteiger partial charge is 0.370 e. The molecule has 0 fully saturated rings. The van der Waals surface area contributed by atoms with Gasteiger partial charge in [0.05, 0.1) is 0 Å². The Kier molecular flexibility index (Phi) is 3.38. The molecule has 0 amide bonds. The highest BCUT2D eigenvalue weighted by Crippen LogP contribution is 2.30. The zero-order chi connectivity index (χ0) is 14.1. The van der Waals surface area contributed by atoms with Gasteiger partial charge in [-0.25, -0.2) is 14.4 Å². The van der Waals surface area contributed by atoms with Crippen LogP contribution in [0.3, 0.4) is 0 Å². The normalized spacial score (nSPS) is 13.3. The van der Waals surface area contributed by atoms with Crippen molar-refractivity contribution >= 4 is 5.82 Å². The first kappa shape index (κ1) is 13.0. The molecule has 104 valence electrons. The third kappa shape index (κ3) is 2.26. The summed E-state index contributed by atoms with van der Waals surface area (Å²) in [5.74, 6) is 1.28. The van der Waals surface area contributed by atoms with Crippen LogP contribution in [0.25, 0.3) is 11.4 Å². The molecule has 0 bridgehead atoms. The van der Waals surface area contributed by atoms with Crippen molar-refractivity contribution in [3.05, 3.63) is 40.8 Å². The van der Waals surface area contributed by atoms with E-state index in [0.29, 0.717) is 5.82 Å². The summed E-state index contributed by atoms with van der Waals surface area (Å²) in [7, 11) is 0. The Morgan fingerprint density at radius 2 is 2.10 bits per heavy atom. The van der Waals surface area contributed by atoms with E-state index in [1.165, 1.54) is 17.7 Å². The van der Waals surface area contributed by atoms with Crippen molar-refractivity contribution in [2.75, 3.05) is 11.9 Å². The molecule has 0 unspecified atom stereocenters. The quantitative estimate of drug-likeness (QED) is 0.928. The standard InChI is InChI=1S/C16H18FN3/c1-3-18-15-12-5-4-6-14(12)19-16(20-15)13-9-11(17)8-7-10(13)2/h7-9H,3-6H2,1-2H3,(H,18,19,20). The number of rotatable bonds is 3. The SMILES string of the molecule is CCNc1nc(-c2cc(F)ccc2C)nc2c1CCC2. The minimum atomic E-state index is -0.250. The molecule has 3 nitrogen and oxygen atoms in total. The second-order valence-electron chi connectivity index (χ2n) is 5.16. The molecule has 0 atom stereocenters. The van der Waals surface area contributed by atoms with Crippen LogP contribution >= 0.6 is 0 Å². The second kappa shape index (κ2) is 5.19. The van der Waals surface area contributed by atoms with Gasteiger partial charge in [-0.2, -0.15) is 0 Å². The number of benzene rings is 1. The summed E-state index contributed by atoms with van der Waals surface area (Å²) in [4.78, 5) is 9.27. The molecular weight excluding hydrogens is 253 g/mol. The van der Waals surface area contributed by atoms with E-state index in [9.17, 15) is 4.39 Å². The van der Waals surface area contributed by atoms with E-state index in [1.54, 1.807) is 6.07 Å². The monoisotopic (exact) mass is 271 g/mol. The number of aryl methyl sites for hydroxylation is 2. The van der Waals surface area contributed by atoms with E-state index in [2.05, 4.69) is 22.2 Å². The van der Waals surface area contributed by atoms with Crippen LogP contribution in [-0.4, -0.2) is 16.5 Å². The number of halogens is 1. The fourth-order valence-electron chi connectivity index (χ4n) is 2.70. The predicted octanol–water partition coefficient (Wildman–Crippen LogP) is 3.51. The third-order valence-corrected chi connectivity index (χ3v) is 3.72. The maximum absolute atomic E-state index is 13.5. The first-order valence-corrected chi connectivity index (χ1v) is 7.09. The molecule has 20 heavy (non-hydrogen) atoms. The Bertz CT molecular complexity index is 652. The average molecular weight is 271 g/mol. The minimum Gasteiger partial charge on any atom is -0.370 e. The van der Waals surface area contributed by atoms with Crippen molar-refractivity contribution < 1.29 is 4.39 Å². The highest BCUT2D eigenvalue weighted by Gasteiger charge is 2.20. The summed E-state index contributed by atoms with van der Waals surface area (Å²) in [5.41, 5.74) is 4.10. The Morgan fingerprint density at radius 3 is 2.90 bits per heavy atom. The lowest BCUT2D eigenvalue weighted by Crippen LogP contribution is -2.07. The van der Waals surface area contributed by atoms with Crippen molar-refractivity contribution in [2.45, 2.75) is 33.1 Å². The van der Waals surface area contributed by atoms with Gasteiger partial charge in [-0.3, -0.25) is 0 Å². The van der Waals surface area contributed by atoms with Crippen LogP contribution in [-0.2, 0) is 12.8 Å². The van der Waals surface area contributed by atoms with Gasteiger partial charge >= 0.3 is 0 Å². The first-order chi connectivity index (χ1) is 9.69. The third-order valence-electron chi connectivity index (χ3n) is 3.72. The van der Waals surface area contributed by atoms with Crippen molar-refractivity contribution in [3.8, 4) is 11.4 Å². The number of hydrogen-bond acceptors (Lipinski definition) is 3. The maximum atomic E-state index is 13.5. The molecule has 3 rings (SSSR count). The Balaban J connectivity index is 2.14. The van der Waals surface area contributed by atoms with E-state index < -0.39 is 0 Å². The van der Waals surface area contributed by atoms with Gasteiger partial charge in [0.2, 0.25) is 0 Å². The van der Waals surface area contributed by atoms with Crippen LogP contribution in [0.1, 0.15) is 30.2 Å². The highest BCUT2D eigenvalue weighted by molar-refractivity contribution is 5.64. The van der Waals surface area contributed by atoms with E-state index in [1.807, 2.05) is 6.92 Å². The lowest BCUT2D eigenvalue weighted by atomic mass is 10.1. The van der Waals surface area contributed by atoms with Crippen LogP contribution < -0.4 is 5.32 Å². The van der Waals surface area contributed by atoms with Crippen LogP contribution in [0, 0.1) is 12.7 Å². The molecule has 0 spiro atoms. The Hall–Kier alpha value is -1.97. The van der Waals surface area contributed by atoms with Crippen LogP contribution in [0.2, 0.25) is 0 Å². The highest BCUT2D eigenvalue weighted by atomic mass is 19.1. The van der Waals surface area contributed by atoms with Crippen LogP contribution in [0.5, 0.6) is 0 Å². The van der Waals surface area contributed by atoms with E-state index in [0.717, 1.165) is 48.4 Å². The summed E-state index contributed by atoms with van der Waals surface area (Å²) in [6.45, 7) is 4.83. The van der Waals surface area contributed by atoms with Crippen LogP contribution in [0.15, 0.2) is 18.2 Å². The topological polar surface area (TPSA) is 37.8 Å². The van der Waals surface area contributed by atoms with Crippen molar-refractivity contribution in [1.82, 2.24) is 9.97 Å². The van der Waals surface area contributed by atoms with Gasteiger partial charge in [0.15, 0.2) is 5.82 Å². The van der Waals surface area contributed by atoms with Gasteiger partial charge in [0.1, 0.15) is 11.6 Å². The molecule has 1 aliphatic rings. The van der Waals surface area contributed by atoms with Crippen molar-refractivity contribution in [3.63, 3.8) is 0 Å². The Labute approximate surface area is 118 Å². The molecule has 1 aromatic heterocycles. The molecule has 1 N–H and O–H groups in total. The van der Waals surface area contributed by atoms with Crippen LogP contribution in [0.4, 0.5) is 10.2 Å². The fraction of sp³-hybridized carbons (Fsp3) is 0.375. The number of aromatic nitrogens is 2. The number of nitrogens with zero attached hydrogens (tertiary/aromatic N) is 2. The molecule has 2 aromatic rings. The Morgan fingerprint density at radius 1 is 1.25 bits per heavy atom. The molecule has 0 radical (unpaired) electrons. The van der Waals surface area contributed by atoms with Gasteiger partial charge in [-0.15, -0.1) is 0 Å². The van der Waals surface area contributed by atoms with E-state index in [4.69, 9.17) is 0 Å². The molecule has 1 aromatic carbocycles.